The number of hydrogen-bond acceptors (Lipinski definition) is 6. The molecule has 7 nitrogen and oxygen atoms in total. The fraction of sp³-hybridized carbons (Fsp3) is 0.286. The zero-order valence-electron chi connectivity index (χ0n) is 17.0. The molecule has 158 valence electrons. The van der Waals surface area contributed by atoms with E-state index in [1.54, 1.807) is 19.2 Å². The van der Waals surface area contributed by atoms with Gasteiger partial charge in [0.1, 0.15) is 11.5 Å². The van der Waals surface area contributed by atoms with Crippen LogP contribution in [-0.2, 0) is 11.3 Å². The molecule has 0 aliphatic carbocycles. The average Bonchev–Trinajstić information content (AvgIpc) is 3.17. The largest absolute Gasteiger partial charge is 0.497 e. The lowest BCUT2D eigenvalue weighted by molar-refractivity contribution is -0.113. The number of hydrogen-bond donors (Lipinski definition) is 1. The molecule has 9 heteroatoms. The summed E-state index contributed by atoms with van der Waals surface area (Å²) < 4.78 is 13.1. The summed E-state index contributed by atoms with van der Waals surface area (Å²) in [4.78, 5) is 12.3. The molecule has 30 heavy (non-hydrogen) atoms. The third-order valence-electron chi connectivity index (χ3n) is 4.28. The molecular weight excluding hydrogens is 424 g/mol. The van der Waals surface area contributed by atoms with E-state index in [0.717, 1.165) is 5.75 Å². The van der Waals surface area contributed by atoms with Gasteiger partial charge in [0.15, 0.2) is 17.1 Å². The summed E-state index contributed by atoms with van der Waals surface area (Å²) in [5, 5.41) is 12.5. The molecule has 0 fully saturated rings. The number of carbonyl (C=O) groups is 1. The van der Waals surface area contributed by atoms with Crippen molar-refractivity contribution in [1.29, 1.82) is 0 Å². The highest BCUT2D eigenvalue weighted by atomic mass is 35.5. The van der Waals surface area contributed by atoms with Crippen molar-refractivity contribution < 1.29 is 14.3 Å². The monoisotopic (exact) mass is 446 g/mol. The Morgan fingerprint density at radius 1 is 1.17 bits per heavy atom. The fourth-order valence-corrected chi connectivity index (χ4v) is 3.79. The lowest BCUT2D eigenvalue weighted by Crippen LogP contribution is -2.15. The first-order valence-electron chi connectivity index (χ1n) is 9.42. The van der Waals surface area contributed by atoms with Gasteiger partial charge in [-0.3, -0.25) is 4.79 Å². The molecule has 1 atom stereocenters. The molecule has 0 radical (unpaired) electrons. The molecule has 2 aromatic carbocycles. The van der Waals surface area contributed by atoms with E-state index in [0.29, 0.717) is 34.0 Å². The number of anilines is 1. The summed E-state index contributed by atoms with van der Waals surface area (Å²) in [6.45, 7) is 4.58. The Kier molecular flexibility index (Phi) is 7.59. The molecule has 1 aromatic heterocycles. The minimum Gasteiger partial charge on any atom is -0.497 e. The lowest BCUT2D eigenvalue weighted by Gasteiger charge is -2.16. The van der Waals surface area contributed by atoms with Crippen LogP contribution >= 0.6 is 23.4 Å². The van der Waals surface area contributed by atoms with E-state index in [4.69, 9.17) is 21.1 Å². The molecule has 1 N–H and O–H groups in total. The van der Waals surface area contributed by atoms with Crippen LogP contribution in [0, 0.1) is 0 Å². The molecule has 3 aromatic rings. The van der Waals surface area contributed by atoms with E-state index in [1.165, 1.54) is 11.8 Å². The average molecular weight is 447 g/mol. The second-order valence-corrected chi connectivity index (χ2v) is 7.69. The molecule has 1 amide bonds. The van der Waals surface area contributed by atoms with Gasteiger partial charge >= 0.3 is 0 Å². The summed E-state index contributed by atoms with van der Waals surface area (Å²) in [5.74, 6) is 2.20. The summed E-state index contributed by atoms with van der Waals surface area (Å²) in [6, 6.07) is 14.5. The highest BCUT2D eigenvalue weighted by molar-refractivity contribution is 7.99. The number of para-hydroxylation sites is 1. The molecule has 0 saturated carbocycles. The molecule has 0 aliphatic rings. The summed E-state index contributed by atoms with van der Waals surface area (Å²) in [6.07, 6.45) is -0.308. The number of aromatic nitrogens is 3. The predicted octanol–water partition coefficient (Wildman–Crippen LogP) is 4.83. The molecule has 1 heterocycles. The van der Waals surface area contributed by atoms with E-state index in [9.17, 15) is 4.79 Å². The Balaban J connectivity index is 1.62. The van der Waals surface area contributed by atoms with E-state index in [2.05, 4.69) is 15.5 Å². The maximum atomic E-state index is 12.3. The van der Waals surface area contributed by atoms with Crippen LogP contribution < -0.4 is 14.8 Å². The number of rotatable bonds is 9. The molecule has 3 rings (SSSR count). The molecule has 0 bridgehead atoms. The van der Waals surface area contributed by atoms with Crippen molar-refractivity contribution in [3.63, 3.8) is 0 Å². The number of amides is 1. The second kappa shape index (κ2) is 10.4. The maximum absolute atomic E-state index is 12.3. The van der Waals surface area contributed by atoms with E-state index in [-0.39, 0.29) is 17.8 Å². The van der Waals surface area contributed by atoms with Gasteiger partial charge in [0.05, 0.1) is 23.6 Å². The third-order valence-corrected chi connectivity index (χ3v) is 5.57. The Labute approximate surface area is 184 Å². The van der Waals surface area contributed by atoms with Crippen molar-refractivity contribution in [2.45, 2.75) is 31.7 Å². The Bertz CT molecular complexity index is 994. The first-order valence-corrected chi connectivity index (χ1v) is 10.8. The summed E-state index contributed by atoms with van der Waals surface area (Å²) in [5.41, 5.74) is 0.587. The van der Waals surface area contributed by atoms with Gasteiger partial charge in [-0.2, -0.15) is 0 Å². The van der Waals surface area contributed by atoms with Gasteiger partial charge in [-0.05, 0) is 50.2 Å². The number of nitrogens with one attached hydrogen (secondary N) is 1. The van der Waals surface area contributed by atoms with Gasteiger partial charge in [-0.1, -0.05) is 35.5 Å². The predicted molar refractivity (Wildman–Crippen MR) is 119 cm³/mol. The van der Waals surface area contributed by atoms with Crippen LogP contribution in [-0.4, -0.2) is 33.5 Å². The first kappa shape index (κ1) is 22.0. The van der Waals surface area contributed by atoms with Crippen LogP contribution in [0.4, 0.5) is 5.69 Å². The zero-order chi connectivity index (χ0) is 21.5. The third kappa shape index (κ3) is 5.46. The molecule has 0 saturated heterocycles. The van der Waals surface area contributed by atoms with Crippen LogP contribution in [0.2, 0.25) is 5.02 Å². The van der Waals surface area contributed by atoms with E-state index < -0.39 is 0 Å². The number of halogens is 1. The molecule has 0 aliphatic heterocycles. The van der Waals surface area contributed by atoms with Crippen molar-refractivity contribution in [3.8, 4) is 11.5 Å². The number of thioether (sulfide) groups is 1. The van der Waals surface area contributed by atoms with E-state index in [1.807, 2.05) is 54.8 Å². The van der Waals surface area contributed by atoms with Crippen molar-refractivity contribution >= 4 is 35.0 Å². The highest BCUT2D eigenvalue weighted by Crippen LogP contribution is 2.26. The van der Waals surface area contributed by atoms with Crippen LogP contribution in [0.5, 0.6) is 11.5 Å². The van der Waals surface area contributed by atoms with Gasteiger partial charge in [0.2, 0.25) is 5.91 Å². The summed E-state index contributed by atoms with van der Waals surface area (Å²) >= 11 is 7.40. The topological polar surface area (TPSA) is 78.3 Å². The van der Waals surface area contributed by atoms with Gasteiger partial charge < -0.3 is 19.4 Å². The number of ether oxygens (including phenoxy) is 2. The summed E-state index contributed by atoms with van der Waals surface area (Å²) in [7, 11) is 1.62. The Morgan fingerprint density at radius 2 is 1.87 bits per heavy atom. The van der Waals surface area contributed by atoms with Crippen LogP contribution in [0.3, 0.4) is 0 Å². The van der Waals surface area contributed by atoms with E-state index >= 15 is 0 Å². The van der Waals surface area contributed by atoms with Crippen molar-refractivity contribution in [1.82, 2.24) is 14.8 Å². The van der Waals surface area contributed by atoms with Gasteiger partial charge in [-0.25, -0.2) is 0 Å². The lowest BCUT2D eigenvalue weighted by atomic mass is 10.3. The van der Waals surface area contributed by atoms with Crippen LogP contribution in [0.15, 0.2) is 53.7 Å². The first-order chi connectivity index (χ1) is 14.5. The fourth-order valence-electron chi connectivity index (χ4n) is 2.79. The second-order valence-electron chi connectivity index (χ2n) is 6.34. The minimum absolute atomic E-state index is 0.164. The number of methoxy groups -OCH3 is 1. The van der Waals surface area contributed by atoms with Crippen LogP contribution in [0.25, 0.3) is 0 Å². The number of benzene rings is 2. The van der Waals surface area contributed by atoms with Crippen LogP contribution in [0.1, 0.15) is 25.8 Å². The van der Waals surface area contributed by atoms with Gasteiger partial charge in [-0.15, -0.1) is 10.2 Å². The number of carbonyl (C=O) groups excluding carboxylic acids is 1. The standard InChI is InChI=1S/C21H23ClN4O3S/c1-4-26-20(14(2)29-16-11-9-15(28-3)10-12-16)24-25-21(26)30-13-19(27)23-18-8-6-5-7-17(18)22/h5-12,14H,4,13H2,1-3H3,(H,23,27). The number of nitrogens with zero attached hydrogens (tertiary/aromatic N) is 3. The molecule has 1 unspecified atom stereocenters. The quantitative estimate of drug-likeness (QED) is 0.474. The Morgan fingerprint density at radius 3 is 2.53 bits per heavy atom. The van der Waals surface area contributed by atoms with Crippen molar-refractivity contribution in [3.05, 3.63) is 59.4 Å². The van der Waals surface area contributed by atoms with Gasteiger partial charge in [0, 0.05) is 6.54 Å². The Hall–Kier alpha value is -2.71. The molecular formula is C21H23ClN4O3S. The maximum Gasteiger partial charge on any atom is 0.234 e. The van der Waals surface area contributed by atoms with Crippen molar-refractivity contribution in [2.75, 3.05) is 18.2 Å². The molecule has 0 spiro atoms. The van der Waals surface area contributed by atoms with Gasteiger partial charge in [0.25, 0.3) is 0 Å². The minimum atomic E-state index is -0.308. The zero-order valence-corrected chi connectivity index (χ0v) is 18.5. The SMILES string of the molecule is CCn1c(SCC(=O)Nc2ccccc2Cl)nnc1C(C)Oc1ccc(OC)cc1. The van der Waals surface area contributed by atoms with Crippen molar-refractivity contribution in [2.24, 2.45) is 0 Å². The highest BCUT2D eigenvalue weighted by Gasteiger charge is 2.19. The normalized spacial score (nSPS) is 11.7. The smallest absolute Gasteiger partial charge is 0.234 e.